The SMILES string of the molecule is Cc1cccc(C(=O)NCC(=O)OCC(=O)NC23CC4CC(CC(C4)C2)C3)c1. The third kappa shape index (κ3) is 4.21. The third-order valence-electron chi connectivity index (χ3n) is 6.48. The Balaban J connectivity index is 1.21. The molecular formula is C22H28N2O4. The second kappa shape index (κ2) is 7.57. The Kier molecular flexibility index (Phi) is 5.13. The number of nitrogens with one attached hydrogen (secondary N) is 2. The number of hydrogen-bond acceptors (Lipinski definition) is 4. The second-order valence-corrected chi connectivity index (χ2v) is 8.96. The average molecular weight is 384 g/mol. The molecular weight excluding hydrogens is 356 g/mol. The lowest BCUT2D eigenvalue weighted by Gasteiger charge is -2.56. The van der Waals surface area contributed by atoms with Crippen molar-refractivity contribution in [2.45, 2.75) is 51.0 Å². The van der Waals surface area contributed by atoms with Crippen molar-refractivity contribution in [3.05, 3.63) is 35.4 Å². The zero-order valence-corrected chi connectivity index (χ0v) is 16.3. The molecule has 0 unspecified atom stereocenters. The summed E-state index contributed by atoms with van der Waals surface area (Å²) < 4.78 is 5.06. The number of esters is 1. The van der Waals surface area contributed by atoms with Crippen LogP contribution < -0.4 is 10.6 Å². The largest absolute Gasteiger partial charge is 0.454 e. The molecule has 0 radical (unpaired) electrons. The minimum atomic E-state index is -0.610. The molecule has 4 aliphatic carbocycles. The number of carbonyl (C=O) groups is 3. The normalized spacial score (nSPS) is 30.0. The highest BCUT2D eigenvalue weighted by atomic mass is 16.5. The van der Waals surface area contributed by atoms with Gasteiger partial charge in [-0.05, 0) is 75.3 Å². The van der Waals surface area contributed by atoms with Crippen LogP contribution in [-0.4, -0.2) is 36.5 Å². The molecule has 4 aliphatic rings. The lowest BCUT2D eigenvalue weighted by atomic mass is 9.53. The molecule has 0 spiro atoms. The molecule has 6 nitrogen and oxygen atoms in total. The van der Waals surface area contributed by atoms with E-state index in [1.54, 1.807) is 18.2 Å². The fourth-order valence-electron chi connectivity index (χ4n) is 5.83. The molecule has 0 aliphatic heterocycles. The molecule has 0 atom stereocenters. The predicted octanol–water partition coefficient (Wildman–Crippen LogP) is 2.35. The van der Waals surface area contributed by atoms with Crippen molar-refractivity contribution in [3.63, 3.8) is 0 Å². The Labute approximate surface area is 165 Å². The molecule has 1 aromatic carbocycles. The molecule has 2 N–H and O–H groups in total. The van der Waals surface area contributed by atoms with E-state index in [2.05, 4.69) is 10.6 Å². The highest BCUT2D eigenvalue weighted by Crippen LogP contribution is 2.55. The molecule has 4 saturated carbocycles. The zero-order valence-electron chi connectivity index (χ0n) is 16.3. The van der Waals surface area contributed by atoms with Crippen molar-refractivity contribution in [3.8, 4) is 0 Å². The lowest BCUT2D eigenvalue weighted by Crippen LogP contribution is -2.60. The summed E-state index contributed by atoms with van der Waals surface area (Å²) in [4.78, 5) is 36.3. The molecule has 5 rings (SSSR count). The highest BCUT2D eigenvalue weighted by Gasteiger charge is 2.51. The molecule has 4 fully saturated rings. The van der Waals surface area contributed by atoms with Crippen LogP contribution in [0.4, 0.5) is 0 Å². The minimum absolute atomic E-state index is 0.0857. The van der Waals surface area contributed by atoms with Crippen molar-refractivity contribution >= 4 is 17.8 Å². The average Bonchev–Trinajstić information content (AvgIpc) is 2.63. The Morgan fingerprint density at radius 1 is 1.07 bits per heavy atom. The molecule has 0 heterocycles. The first-order chi connectivity index (χ1) is 13.4. The quantitative estimate of drug-likeness (QED) is 0.738. The van der Waals surface area contributed by atoms with Gasteiger partial charge < -0.3 is 15.4 Å². The van der Waals surface area contributed by atoms with Crippen LogP contribution in [0.2, 0.25) is 0 Å². The van der Waals surface area contributed by atoms with E-state index in [0.717, 1.165) is 42.6 Å². The summed E-state index contributed by atoms with van der Waals surface area (Å²) in [5.74, 6) is 1.04. The van der Waals surface area contributed by atoms with E-state index in [4.69, 9.17) is 4.74 Å². The predicted molar refractivity (Wildman–Crippen MR) is 104 cm³/mol. The maximum Gasteiger partial charge on any atom is 0.325 e. The number of rotatable bonds is 6. The summed E-state index contributed by atoms with van der Waals surface area (Å²) in [6, 6.07) is 7.12. The number of carbonyl (C=O) groups excluding carboxylic acids is 3. The van der Waals surface area contributed by atoms with Crippen LogP contribution in [0.1, 0.15) is 54.4 Å². The van der Waals surface area contributed by atoms with Gasteiger partial charge >= 0.3 is 5.97 Å². The van der Waals surface area contributed by atoms with E-state index >= 15 is 0 Å². The van der Waals surface area contributed by atoms with E-state index in [1.165, 1.54) is 19.3 Å². The Bertz CT molecular complexity index is 753. The summed E-state index contributed by atoms with van der Waals surface area (Å²) in [6.07, 6.45) is 7.11. The summed E-state index contributed by atoms with van der Waals surface area (Å²) >= 11 is 0. The van der Waals surface area contributed by atoms with Gasteiger partial charge in [-0.25, -0.2) is 0 Å². The molecule has 1 aromatic rings. The maximum absolute atomic E-state index is 12.4. The van der Waals surface area contributed by atoms with Gasteiger partial charge in [-0.2, -0.15) is 0 Å². The van der Waals surface area contributed by atoms with Crippen molar-refractivity contribution in [1.29, 1.82) is 0 Å². The van der Waals surface area contributed by atoms with Crippen LogP contribution in [0, 0.1) is 24.7 Å². The van der Waals surface area contributed by atoms with Gasteiger partial charge in [0.2, 0.25) is 0 Å². The number of ether oxygens (including phenoxy) is 1. The van der Waals surface area contributed by atoms with Crippen LogP contribution in [0.25, 0.3) is 0 Å². The van der Waals surface area contributed by atoms with Gasteiger partial charge in [-0.3, -0.25) is 14.4 Å². The molecule has 28 heavy (non-hydrogen) atoms. The Morgan fingerprint density at radius 3 is 2.32 bits per heavy atom. The smallest absolute Gasteiger partial charge is 0.325 e. The van der Waals surface area contributed by atoms with Crippen molar-refractivity contribution in [2.75, 3.05) is 13.2 Å². The van der Waals surface area contributed by atoms with Gasteiger partial charge in [-0.15, -0.1) is 0 Å². The molecule has 150 valence electrons. The Morgan fingerprint density at radius 2 is 1.71 bits per heavy atom. The van der Waals surface area contributed by atoms with Crippen LogP contribution >= 0.6 is 0 Å². The lowest BCUT2D eigenvalue weighted by molar-refractivity contribution is -0.149. The van der Waals surface area contributed by atoms with Gasteiger partial charge in [0.15, 0.2) is 6.61 Å². The minimum Gasteiger partial charge on any atom is -0.454 e. The van der Waals surface area contributed by atoms with Gasteiger partial charge in [-0.1, -0.05) is 17.7 Å². The molecule has 0 saturated heterocycles. The van der Waals surface area contributed by atoms with Crippen molar-refractivity contribution < 1.29 is 19.1 Å². The molecule has 2 amide bonds. The van der Waals surface area contributed by atoms with E-state index < -0.39 is 5.97 Å². The molecule has 4 bridgehead atoms. The highest BCUT2D eigenvalue weighted by molar-refractivity contribution is 5.96. The van der Waals surface area contributed by atoms with Gasteiger partial charge in [0.25, 0.3) is 11.8 Å². The monoisotopic (exact) mass is 384 g/mol. The van der Waals surface area contributed by atoms with Crippen molar-refractivity contribution in [1.82, 2.24) is 10.6 Å². The van der Waals surface area contributed by atoms with Gasteiger partial charge in [0.1, 0.15) is 6.54 Å². The number of aryl methyl sites for hydroxylation is 1. The summed E-state index contributed by atoms with van der Waals surface area (Å²) in [5, 5.41) is 5.70. The van der Waals surface area contributed by atoms with Crippen LogP contribution in [0.15, 0.2) is 24.3 Å². The van der Waals surface area contributed by atoms with E-state index in [9.17, 15) is 14.4 Å². The fourth-order valence-corrected chi connectivity index (χ4v) is 5.83. The van der Waals surface area contributed by atoms with Crippen LogP contribution in [0.3, 0.4) is 0 Å². The van der Waals surface area contributed by atoms with E-state index in [1.807, 2.05) is 13.0 Å². The van der Waals surface area contributed by atoms with Crippen LogP contribution in [-0.2, 0) is 14.3 Å². The summed E-state index contributed by atoms with van der Waals surface area (Å²) in [7, 11) is 0. The second-order valence-electron chi connectivity index (χ2n) is 8.96. The first-order valence-electron chi connectivity index (χ1n) is 10.2. The topological polar surface area (TPSA) is 84.5 Å². The number of hydrogen-bond donors (Lipinski definition) is 2. The third-order valence-corrected chi connectivity index (χ3v) is 6.48. The van der Waals surface area contributed by atoms with Crippen molar-refractivity contribution in [2.24, 2.45) is 17.8 Å². The fraction of sp³-hybridized carbons (Fsp3) is 0.591. The summed E-state index contributed by atoms with van der Waals surface area (Å²) in [5.41, 5.74) is 1.38. The van der Waals surface area contributed by atoms with Gasteiger partial charge in [0, 0.05) is 11.1 Å². The van der Waals surface area contributed by atoms with E-state index in [0.29, 0.717) is 5.56 Å². The molecule has 0 aromatic heterocycles. The first kappa shape index (κ1) is 19.0. The number of amides is 2. The number of benzene rings is 1. The Hall–Kier alpha value is -2.37. The maximum atomic E-state index is 12.4. The zero-order chi connectivity index (χ0) is 19.7. The standard InChI is InChI=1S/C22H28N2O4/c1-14-3-2-4-18(5-14)21(27)23-12-20(26)28-13-19(25)24-22-9-15-6-16(10-22)8-17(7-15)11-22/h2-5,15-17H,6-13H2,1H3,(H,23,27)(H,24,25). The van der Waals surface area contributed by atoms with Gasteiger partial charge in [0.05, 0.1) is 0 Å². The first-order valence-corrected chi connectivity index (χ1v) is 10.2. The van der Waals surface area contributed by atoms with E-state index in [-0.39, 0.29) is 30.5 Å². The molecule has 6 heteroatoms. The van der Waals surface area contributed by atoms with Crippen LogP contribution in [0.5, 0.6) is 0 Å². The summed E-state index contributed by atoms with van der Waals surface area (Å²) in [6.45, 7) is 1.35.